The smallest absolute Gasteiger partial charge is 0.246 e. The second-order valence-electron chi connectivity index (χ2n) is 4.21. The molecule has 0 aromatic heterocycles. The quantitative estimate of drug-likeness (QED) is 0.663. The summed E-state index contributed by atoms with van der Waals surface area (Å²) in [7, 11) is 0. The van der Waals surface area contributed by atoms with Crippen LogP contribution in [-0.2, 0) is 9.63 Å². The highest BCUT2D eigenvalue weighted by Crippen LogP contribution is 2.15. The van der Waals surface area contributed by atoms with Crippen molar-refractivity contribution in [3.63, 3.8) is 0 Å². The van der Waals surface area contributed by atoms with E-state index in [9.17, 15) is 4.79 Å². The molecule has 4 heteroatoms. The van der Waals surface area contributed by atoms with Crippen LogP contribution >= 0.6 is 0 Å². The van der Waals surface area contributed by atoms with Crippen molar-refractivity contribution >= 4 is 5.91 Å². The van der Waals surface area contributed by atoms with Gasteiger partial charge in [0.2, 0.25) is 5.91 Å². The fourth-order valence-electron chi connectivity index (χ4n) is 1.63. The van der Waals surface area contributed by atoms with Gasteiger partial charge in [-0.1, -0.05) is 0 Å². The molecule has 0 saturated carbocycles. The van der Waals surface area contributed by atoms with Gasteiger partial charge in [0.25, 0.3) is 0 Å². The van der Waals surface area contributed by atoms with Crippen molar-refractivity contribution in [1.29, 1.82) is 0 Å². The number of hydrogen-bond acceptors (Lipinski definition) is 3. The maximum atomic E-state index is 11.6. The fraction of sp³-hybridized carbons (Fsp3) is 0.900. The summed E-state index contributed by atoms with van der Waals surface area (Å²) < 4.78 is 0. The van der Waals surface area contributed by atoms with Gasteiger partial charge in [-0.2, -0.15) is 0 Å². The van der Waals surface area contributed by atoms with E-state index in [2.05, 4.69) is 17.7 Å². The van der Waals surface area contributed by atoms with Crippen LogP contribution in [0.2, 0.25) is 0 Å². The van der Waals surface area contributed by atoms with Gasteiger partial charge in [-0.3, -0.25) is 9.63 Å². The van der Waals surface area contributed by atoms with Crippen molar-refractivity contribution in [1.82, 2.24) is 10.8 Å². The number of piperidine rings is 1. The van der Waals surface area contributed by atoms with Crippen molar-refractivity contribution in [2.45, 2.75) is 45.8 Å². The van der Waals surface area contributed by atoms with Gasteiger partial charge in [0.05, 0.1) is 6.10 Å². The number of hydrogen-bond donors (Lipinski definition) is 2. The van der Waals surface area contributed by atoms with E-state index < -0.39 is 0 Å². The van der Waals surface area contributed by atoms with E-state index in [1.807, 2.05) is 13.8 Å². The first-order valence-electron chi connectivity index (χ1n) is 5.28. The molecule has 1 fully saturated rings. The van der Waals surface area contributed by atoms with Gasteiger partial charge in [-0.25, -0.2) is 5.48 Å². The number of carbonyl (C=O) groups excluding carboxylic acids is 1. The summed E-state index contributed by atoms with van der Waals surface area (Å²) in [6.07, 6.45) is 1.84. The number of carbonyl (C=O) groups is 1. The van der Waals surface area contributed by atoms with Gasteiger partial charge in [0.15, 0.2) is 0 Å². The Balaban J connectivity index is 2.29. The minimum absolute atomic E-state index is 0.0204. The van der Waals surface area contributed by atoms with Gasteiger partial charge in [-0.05, 0) is 40.2 Å². The van der Waals surface area contributed by atoms with Crippen LogP contribution in [0.15, 0.2) is 0 Å². The van der Waals surface area contributed by atoms with E-state index in [0.717, 1.165) is 19.4 Å². The van der Waals surface area contributed by atoms with Crippen LogP contribution in [-0.4, -0.2) is 24.6 Å². The molecule has 1 amide bonds. The van der Waals surface area contributed by atoms with Crippen LogP contribution in [0.5, 0.6) is 0 Å². The van der Waals surface area contributed by atoms with Crippen LogP contribution in [0.1, 0.15) is 33.6 Å². The van der Waals surface area contributed by atoms with Crippen LogP contribution in [0.25, 0.3) is 0 Å². The van der Waals surface area contributed by atoms with Crippen molar-refractivity contribution in [3.8, 4) is 0 Å². The molecular weight excluding hydrogens is 180 g/mol. The monoisotopic (exact) mass is 200 g/mol. The SMILES string of the molecule is CC1CC(C(=O)NOC(C)C)CCN1. The Morgan fingerprint density at radius 2 is 2.29 bits per heavy atom. The summed E-state index contributed by atoms with van der Waals surface area (Å²) in [5.41, 5.74) is 2.51. The van der Waals surface area contributed by atoms with Crippen LogP contribution in [0.3, 0.4) is 0 Å². The highest BCUT2D eigenvalue weighted by atomic mass is 16.7. The molecule has 0 aromatic carbocycles. The minimum atomic E-state index is 0.0204. The highest BCUT2D eigenvalue weighted by molar-refractivity contribution is 5.77. The Morgan fingerprint density at radius 3 is 2.86 bits per heavy atom. The fourth-order valence-corrected chi connectivity index (χ4v) is 1.63. The van der Waals surface area contributed by atoms with E-state index in [0.29, 0.717) is 6.04 Å². The van der Waals surface area contributed by atoms with E-state index in [4.69, 9.17) is 4.84 Å². The number of amides is 1. The molecule has 14 heavy (non-hydrogen) atoms. The molecule has 0 spiro atoms. The first-order chi connectivity index (χ1) is 6.59. The van der Waals surface area contributed by atoms with Crippen molar-refractivity contribution in [3.05, 3.63) is 0 Å². The molecule has 1 aliphatic heterocycles. The number of nitrogens with one attached hydrogen (secondary N) is 2. The molecule has 0 aromatic rings. The second-order valence-corrected chi connectivity index (χ2v) is 4.21. The van der Waals surface area contributed by atoms with E-state index >= 15 is 0 Å². The second kappa shape index (κ2) is 5.32. The molecule has 2 N–H and O–H groups in total. The lowest BCUT2D eigenvalue weighted by molar-refractivity contribution is -0.142. The zero-order valence-electron chi connectivity index (χ0n) is 9.17. The first-order valence-corrected chi connectivity index (χ1v) is 5.28. The Morgan fingerprint density at radius 1 is 1.57 bits per heavy atom. The van der Waals surface area contributed by atoms with Gasteiger partial charge in [0.1, 0.15) is 0 Å². The Bertz CT molecular complexity index is 195. The lowest BCUT2D eigenvalue weighted by Gasteiger charge is -2.27. The van der Waals surface area contributed by atoms with Crippen LogP contribution < -0.4 is 10.8 Å². The molecular formula is C10H20N2O2. The molecule has 4 nitrogen and oxygen atoms in total. The summed E-state index contributed by atoms with van der Waals surface area (Å²) in [4.78, 5) is 16.7. The molecule has 2 atom stereocenters. The standard InChI is InChI=1S/C10H20N2O2/c1-7(2)14-12-10(13)9-4-5-11-8(3)6-9/h7-9,11H,4-6H2,1-3H3,(H,12,13). The summed E-state index contributed by atoms with van der Waals surface area (Å²) in [6, 6.07) is 0.429. The van der Waals surface area contributed by atoms with Gasteiger partial charge >= 0.3 is 0 Å². The average molecular weight is 200 g/mol. The molecule has 0 radical (unpaired) electrons. The predicted molar refractivity (Wildman–Crippen MR) is 54.6 cm³/mol. The van der Waals surface area contributed by atoms with Gasteiger partial charge < -0.3 is 5.32 Å². The number of rotatable bonds is 3. The van der Waals surface area contributed by atoms with Gasteiger partial charge in [0, 0.05) is 12.0 Å². The van der Waals surface area contributed by atoms with Crippen LogP contribution in [0, 0.1) is 5.92 Å². The topological polar surface area (TPSA) is 50.4 Å². The van der Waals surface area contributed by atoms with Crippen molar-refractivity contribution in [2.75, 3.05) is 6.54 Å². The molecule has 82 valence electrons. The number of hydroxylamine groups is 1. The third-order valence-electron chi connectivity index (χ3n) is 2.39. The highest BCUT2D eigenvalue weighted by Gasteiger charge is 2.24. The van der Waals surface area contributed by atoms with Crippen molar-refractivity contribution < 1.29 is 9.63 Å². The van der Waals surface area contributed by atoms with E-state index in [1.165, 1.54) is 0 Å². The molecule has 1 saturated heterocycles. The molecule has 0 bridgehead atoms. The van der Waals surface area contributed by atoms with Gasteiger partial charge in [-0.15, -0.1) is 0 Å². The lowest BCUT2D eigenvalue weighted by Crippen LogP contribution is -2.42. The largest absolute Gasteiger partial charge is 0.314 e. The van der Waals surface area contributed by atoms with E-state index in [-0.39, 0.29) is 17.9 Å². The average Bonchev–Trinajstić information content (AvgIpc) is 2.14. The minimum Gasteiger partial charge on any atom is -0.314 e. The lowest BCUT2D eigenvalue weighted by atomic mass is 9.93. The maximum Gasteiger partial charge on any atom is 0.246 e. The third kappa shape index (κ3) is 3.64. The molecule has 1 heterocycles. The zero-order valence-corrected chi connectivity index (χ0v) is 9.17. The Hall–Kier alpha value is -0.610. The summed E-state index contributed by atoms with van der Waals surface area (Å²) in [5, 5.41) is 3.31. The summed E-state index contributed by atoms with van der Waals surface area (Å²) >= 11 is 0. The van der Waals surface area contributed by atoms with Crippen molar-refractivity contribution in [2.24, 2.45) is 5.92 Å². The third-order valence-corrected chi connectivity index (χ3v) is 2.39. The predicted octanol–water partition coefficient (Wildman–Crippen LogP) is 0.831. The summed E-state index contributed by atoms with van der Waals surface area (Å²) in [5.74, 6) is 0.122. The Kier molecular flexibility index (Phi) is 4.35. The van der Waals surface area contributed by atoms with E-state index in [1.54, 1.807) is 0 Å². The zero-order chi connectivity index (χ0) is 10.6. The molecule has 2 unspecified atom stereocenters. The Labute approximate surface area is 85.3 Å². The van der Waals surface area contributed by atoms with Crippen LogP contribution in [0.4, 0.5) is 0 Å². The molecule has 1 rings (SSSR count). The summed E-state index contributed by atoms with van der Waals surface area (Å²) in [6.45, 7) is 6.81. The molecule has 0 aliphatic carbocycles. The normalized spacial score (nSPS) is 27.7. The first kappa shape index (κ1) is 11.5. The maximum absolute atomic E-state index is 11.6. The molecule has 1 aliphatic rings.